The number of halogens is 1. The molecule has 2 aromatic rings. The summed E-state index contributed by atoms with van der Waals surface area (Å²) in [5.74, 6) is -1.22. The molecule has 0 aliphatic carbocycles. The van der Waals surface area contributed by atoms with Gasteiger partial charge in [0.1, 0.15) is 5.82 Å². The molecule has 0 aliphatic rings. The predicted molar refractivity (Wildman–Crippen MR) is 68.1 cm³/mol. The molecule has 0 unspecified atom stereocenters. The Morgan fingerprint density at radius 1 is 1.44 bits per heavy atom. The summed E-state index contributed by atoms with van der Waals surface area (Å²) in [6.45, 7) is 5.17. The summed E-state index contributed by atoms with van der Waals surface area (Å²) >= 11 is 0. The average molecular weight is 249 g/mol. The molecule has 2 rings (SSSR count). The fraction of sp³-hybridized carbons (Fsp3) is 0.357. The lowest BCUT2D eigenvalue weighted by atomic mass is 9.85. The molecule has 0 aliphatic heterocycles. The van der Waals surface area contributed by atoms with Gasteiger partial charge in [0.05, 0.1) is 10.9 Å². The van der Waals surface area contributed by atoms with Crippen LogP contribution in [0.3, 0.4) is 0 Å². The lowest BCUT2D eigenvalue weighted by Gasteiger charge is -2.19. The maximum absolute atomic E-state index is 13.9. The highest BCUT2D eigenvalue weighted by Crippen LogP contribution is 2.27. The highest BCUT2D eigenvalue weighted by Gasteiger charge is 2.27. The van der Waals surface area contributed by atoms with Gasteiger partial charge in [-0.15, -0.1) is 0 Å². The summed E-state index contributed by atoms with van der Waals surface area (Å²) in [7, 11) is 0. The standard InChI is InChI=1S/C14H16FNO2/c1-8-7-16-12-10(8)4-9(5-11(12)15)6-14(2,3)13(17)18/h4-5,7,16H,6H2,1-3H3,(H,17,18). The maximum atomic E-state index is 13.9. The molecule has 0 atom stereocenters. The molecule has 0 bridgehead atoms. The van der Waals surface area contributed by atoms with Crippen molar-refractivity contribution in [3.05, 3.63) is 35.3 Å². The average Bonchev–Trinajstić information content (AvgIpc) is 2.60. The van der Waals surface area contributed by atoms with Crippen molar-refractivity contribution in [2.75, 3.05) is 0 Å². The minimum Gasteiger partial charge on any atom is -0.481 e. The lowest BCUT2D eigenvalue weighted by molar-refractivity contribution is -0.146. The van der Waals surface area contributed by atoms with E-state index >= 15 is 0 Å². The molecule has 3 nitrogen and oxygen atoms in total. The monoisotopic (exact) mass is 249 g/mol. The Kier molecular flexibility index (Phi) is 2.89. The number of carbonyl (C=O) groups is 1. The lowest BCUT2D eigenvalue weighted by Crippen LogP contribution is -2.26. The third-order valence-corrected chi connectivity index (χ3v) is 3.23. The molecular formula is C14H16FNO2. The number of nitrogens with one attached hydrogen (secondary N) is 1. The van der Waals surface area contributed by atoms with Crippen molar-refractivity contribution < 1.29 is 14.3 Å². The minimum atomic E-state index is -0.898. The number of hydrogen-bond donors (Lipinski definition) is 2. The summed E-state index contributed by atoms with van der Waals surface area (Å²) in [4.78, 5) is 14.0. The number of rotatable bonds is 3. The highest BCUT2D eigenvalue weighted by atomic mass is 19.1. The molecule has 0 saturated carbocycles. The number of H-pyrrole nitrogens is 1. The van der Waals surface area contributed by atoms with Gasteiger partial charge in [0.15, 0.2) is 0 Å². The molecule has 1 heterocycles. The van der Waals surface area contributed by atoms with Crippen LogP contribution in [0.25, 0.3) is 10.9 Å². The van der Waals surface area contributed by atoms with Crippen molar-refractivity contribution in [1.29, 1.82) is 0 Å². The second-order valence-corrected chi connectivity index (χ2v) is 5.34. The van der Waals surface area contributed by atoms with Crippen LogP contribution < -0.4 is 0 Å². The van der Waals surface area contributed by atoms with Crippen molar-refractivity contribution in [2.45, 2.75) is 27.2 Å². The Morgan fingerprint density at radius 2 is 2.11 bits per heavy atom. The van der Waals surface area contributed by atoms with Crippen LogP contribution in [0.4, 0.5) is 4.39 Å². The molecule has 18 heavy (non-hydrogen) atoms. The number of aryl methyl sites for hydroxylation is 1. The van der Waals surface area contributed by atoms with Crippen molar-refractivity contribution in [3.63, 3.8) is 0 Å². The van der Waals surface area contributed by atoms with Crippen LogP contribution in [0, 0.1) is 18.2 Å². The van der Waals surface area contributed by atoms with Crippen LogP contribution in [-0.2, 0) is 11.2 Å². The van der Waals surface area contributed by atoms with E-state index in [1.165, 1.54) is 6.07 Å². The van der Waals surface area contributed by atoms with Gasteiger partial charge in [0, 0.05) is 11.6 Å². The largest absolute Gasteiger partial charge is 0.481 e. The topological polar surface area (TPSA) is 53.1 Å². The van der Waals surface area contributed by atoms with E-state index in [1.54, 1.807) is 20.0 Å². The first-order valence-corrected chi connectivity index (χ1v) is 5.81. The third kappa shape index (κ3) is 2.10. The Bertz CT molecular complexity index is 614. The number of carboxylic acid groups (broad SMARTS) is 1. The highest BCUT2D eigenvalue weighted by molar-refractivity contribution is 5.84. The first-order valence-electron chi connectivity index (χ1n) is 5.81. The molecule has 96 valence electrons. The molecule has 0 spiro atoms. The van der Waals surface area contributed by atoms with Crippen molar-refractivity contribution in [1.82, 2.24) is 4.98 Å². The van der Waals surface area contributed by atoms with Crippen molar-refractivity contribution in [3.8, 4) is 0 Å². The molecule has 2 N–H and O–H groups in total. The Labute approximate surface area is 105 Å². The van der Waals surface area contributed by atoms with Crippen LogP contribution in [0.15, 0.2) is 18.3 Å². The number of aromatic nitrogens is 1. The third-order valence-electron chi connectivity index (χ3n) is 3.23. The number of fused-ring (bicyclic) bond motifs is 1. The normalized spacial score (nSPS) is 12.0. The number of hydrogen-bond acceptors (Lipinski definition) is 1. The van der Waals surface area contributed by atoms with Gasteiger partial charge in [-0.25, -0.2) is 4.39 Å². The van der Waals surface area contributed by atoms with Gasteiger partial charge in [0.2, 0.25) is 0 Å². The first kappa shape index (κ1) is 12.6. The molecular weight excluding hydrogens is 233 g/mol. The zero-order chi connectivity index (χ0) is 13.5. The first-order chi connectivity index (χ1) is 8.31. The Balaban J connectivity index is 2.47. The minimum absolute atomic E-state index is 0.305. The number of aliphatic carboxylic acids is 1. The molecule has 0 fully saturated rings. The van der Waals surface area contributed by atoms with Gasteiger partial charge in [-0.3, -0.25) is 4.79 Å². The van der Waals surface area contributed by atoms with Crippen LogP contribution in [0.2, 0.25) is 0 Å². The fourth-order valence-electron chi connectivity index (χ4n) is 2.07. The van der Waals surface area contributed by atoms with Crippen LogP contribution in [0.1, 0.15) is 25.0 Å². The fourth-order valence-corrected chi connectivity index (χ4v) is 2.07. The van der Waals surface area contributed by atoms with E-state index in [0.29, 0.717) is 17.5 Å². The summed E-state index contributed by atoms with van der Waals surface area (Å²) < 4.78 is 13.9. The van der Waals surface area contributed by atoms with E-state index in [0.717, 1.165) is 10.9 Å². The van der Waals surface area contributed by atoms with E-state index < -0.39 is 11.4 Å². The van der Waals surface area contributed by atoms with E-state index in [-0.39, 0.29) is 5.82 Å². The molecule has 1 aromatic heterocycles. The molecule has 0 saturated heterocycles. The van der Waals surface area contributed by atoms with Gasteiger partial charge < -0.3 is 10.1 Å². The zero-order valence-electron chi connectivity index (χ0n) is 10.7. The van der Waals surface area contributed by atoms with Crippen molar-refractivity contribution in [2.24, 2.45) is 5.41 Å². The zero-order valence-corrected chi connectivity index (χ0v) is 10.7. The molecule has 0 amide bonds. The van der Waals surface area contributed by atoms with Gasteiger partial charge in [0.25, 0.3) is 0 Å². The van der Waals surface area contributed by atoms with Crippen LogP contribution in [-0.4, -0.2) is 16.1 Å². The van der Waals surface area contributed by atoms with Gasteiger partial charge in [-0.05, 0) is 50.5 Å². The Hall–Kier alpha value is -1.84. The van der Waals surface area contributed by atoms with Gasteiger partial charge in [-0.1, -0.05) is 0 Å². The molecule has 4 heteroatoms. The molecule has 1 aromatic carbocycles. The SMILES string of the molecule is Cc1c[nH]c2c(F)cc(CC(C)(C)C(=O)O)cc12. The Morgan fingerprint density at radius 3 is 2.72 bits per heavy atom. The summed E-state index contributed by atoms with van der Waals surface area (Å²) in [5.41, 5.74) is 1.24. The summed E-state index contributed by atoms with van der Waals surface area (Å²) in [6.07, 6.45) is 2.06. The smallest absolute Gasteiger partial charge is 0.309 e. The molecule has 0 radical (unpaired) electrons. The quantitative estimate of drug-likeness (QED) is 0.877. The van der Waals surface area contributed by atoms with E-state index in [4.69, 9.17) is 5.11 Å². The van der Waals surface area contributed by atoms with Gasteiger partial charge in [-0.2, -0.15) is 0 Å². The number of aromatic amines is 1. The van der Waals surface area contributed by atoms with Crippen molar-refractivity contribution >= 4 is 16.9 Å². The van der Waals surface area contributed by atoms with E-state index in [2.05, 4.69) is 4.98 Å². The maximum Gasteiger partial charge on any atom is 0.309 e. The number of benzene rings is 1. The van der Waals surface area contributed by atoms with E-state index in [9.17, 15) is 9.18 Å². The van der Waals surface area contributed by atoms with Crippen LogP contribution >= 0.6 is 0 Å². The second-order valence-electron chi connectivity index (χ2n) is 5.34. The van der Waals surface area contributed by atoms with Crippen LogP contribution in [0.5, 0.6) is 0 Å². The second kappa shape index (κ2) is 4.12. The van der Waals surface area contributed by atoms with Gasteiger partial charge >= 0.3 is 5.97 Å². The van der Waals surface area contributed by atoms with E-state index in [1.807, 2.05) is 13.0 Å². The number of carboxylic acids is 1. The summed E-state index contributed by atoms with van der Waals surface area (Å²) in [5, 5.41) is 9.91. The summed E-state index contributed by atoms with van der Waals surface area (Å²) in [6, 6.07) is 3.26. The predicted octanol–water partition coefficient (Wildman–Crippen LogP) is 3.27.